The van der Waals surface area contributed by atoms with E-state index in [1.807, 2.05) is 6.07 Å². The maximum absolute atomic E-state index is 6.30. The lowest BCUT2D eigenvalue weighted by molar-refractivity contribution is -0.0117. The van der Waals surface area contributed by atoms with Crippen molar-refractivity contribution in [3.05, 3.63) is 27.1 Å². The molecule has 0 bridgehead atoms. The predicted octanol–water partition coefficient (Wildman–Crippen LogP) is 4.87. The lowest BCUT2D eigenvalue weighted by Crippen LogP contribution is -2.15. The predicted molar refractivity (Wildman–Crippen MR) is 90.0 cm³/mol. The minimum Gasteiger partial charge on any atom is -0.354 e. The minimum absolute atomic E-state index is 0.0481. The number of fused-ring (bicyclic) bond motifs is 1. The van der Waals surface area contributed by atoms with E-state index in [4.69, 9.17) is 16.3 Å². The highest BCUT2D eigenvalue weighted by atomic mass is 127. The molecule has 2 aromatic rings. The van der Waals surface area contributed by atoms with Gasteiger partial charge in [0.1, 0.15) is 11.9 Å². The zero-order valence-electron chi connectivity index (χ0n) is 11.8. The van der Waals surface area contributed by atoms with E-state index in [0.717, 1.165) is 26.0 Å². The van der Waals surface area contributed by atoms with Crippen LogP contribution in [0.25, 0.3) is 11.0 Å². The average Bonchev–Trinajstić information content (AvgIpc) is 2.90. The molecule has 5 heteroatoms. The van der Waals surface area contributed by atoms with Gasteiger partial charge in [0.05, 0.1) is 16.5 Å². The highest BCUT2D eigenvalue weighted by molar-refractivity contribution is 14.1. The summed E-state index contributed by atoms with van der Waals surface area (Å²) in [6.45, 7) is 6.72. The highest BCUT2D eigenvalue weighted by Gasteiger charge is 2.39. The van der Waals surface area contributed by atoms with Gasteiger partial charge in [-0.05, 0) is 41.0 Å². The molecule has 1 fully saturated rings. The van der Waals surface area contributed by atoms with Crippen molar-refractivity contribution >= 4 is 45.2 Å². The zero-order chi connectivity index (χ0) is 14.4. The molecule has 0 radical (unpaired) electrons. The average molecular weight is 405 g/mol. The second-order valence-corrected chi connectivity index (χ2v) is 7.14. The maximum atomic E-state index is 6.30. The molecule has 0 N–H and O–H groups in total. The molecule has 0 amide bonds. The van der Waals surface area contributed by atoms with E-state index in [1.54, 1.807) is 6.20 Å². The SMILES string of the molecule is CCC1OC(n2cc(I)c3c(Cl)ccnc32)C(C)C1C. The first kappa shape index (κ1) is 14.6. The maximum Gasteiger partial charge on any atom is 0.144 e. The summed E-state index contributed by atoms with van der Waals surface area (Å²) in [5.74, 6) is 1.02. The van der Waals surface area contributed by atoms with Crippen LogP contribution in [0.2, 0.25) is 5.02 Å². The Bertz CT molecular complexity index is 642. The Hall–Kier alpha value is -0.330. The molecule has 1 aliphatic rings. The number of halogens is 2. The molecule has 3 rings (SSSR count). The lowest BCUT2D eigenvalue weighted by atomic mass is 9.91. The Kier molecular flexibility index (Phi) is 3.99. The van der Waals surface area contributed by atoms with Gasteiger partial charge < -0.3 is 9.30 Å². The smallest absolute Gasteiger partial charge is 0.144 e. The summed E-state index contributed by atoms with van der Waals surface area (Å²) in [5, 5.41) is 1.78. The third-order valence-electron chi connectivity index (χ3n) is 4.47. The molecule has 0 aliphatic carbocycles. The van der Waals surface area contributed by atoms with Crippen LogP contribution in [-0.4, -0.2) is 15.7 Å². The van der Waals surface area contributed by atoms with Crippen molar-refractivity contribution in [3.63, 3.8) is 0 Å². The van der Waals surface area contributed by atoms with Crippen molar-refractivity contribution in [2.75, 3.05) is 0 Å². The first-order valence-electron chi connectivity index (χ1n) is 7.00. The summed E-state index contributed by atoms with van der Waals surface area (Å²) in [7, 11) is 0. The second kappa shape index (κ2) is 5.46. The number of aromatic nitrogens is 2. The second-order valence-electron chi connectivity index (χ2n) is 5.57. The van der Waals surface area contributed by atoms with E-state index in [2.05, 4.69) is 59.1 Å². The number of hydrogen-bond donors (Lipinski definition) is 0. The van der Waals surface area contributed by atoms with Gasteiger partial charge in [0.15, 0.2) is 0 Å². The summed E-state index contributed by atoms with van der Waals surface area (Å²) in [5.41, 5.74) is 0.919. The highest BCUT2D eigenvalue weighted by Crippen LogP contribution is 2.42. The normalized spacial score (nSPS) is 30.2. The van der Waals surface area contributed by atoms with Gasteiger partial charge in [-0.2, -0.15) is 0 Å². The van der Waals surface area contributed by atoms with Crippen LogP contribution >= 0.6 is 34.2 Å². The van der Waals surface area contributed by atoms with E-state index in [9.17, 15) is 0 Å². The summed E-state index contributed by atoms with van der Waals surface area (Å²) in [6.07, 6.45) is 5.29. The van der Waals surface area contributed by atoms with Crippen molar-refractivity contribution in [1.82, 2.24) is 9.55 Å². The minimum atomic E-state index is 0.0481. The van der Waals surface area contributed by atoms with Gasteiger partial charge in [0.25, 0.3) is 0 Å². The molecule has 3 heterocycles. The molecule has 4 unspecified atom stereocenters. The molecule has 4 atom stereocenters. The van der Waals surface area contributed by atoms with Crippen LogP contribution in [0.5, 0.6) is 0 Å². The number of ether oxygens (including phenoxy) is 1. The van der Waals surface area contributed by atoms with Gasteiger partial charge in [-0.3, -0.25) is 0 Å². The van der Waals surface area contributed by atoms with Crippen LogP contribution < -0.4 is 0 Å². The van der Waals surface area contributed by atoms with Crippen molar-refractivity contribution in [3.8, 4) is 0 Å². The van der Waals surface area contributed by atoms with Gasteiger partial charge in [-0.25, -0.2) is 4.98 Å². The molecule has 0 spiro atoms. The van der Waals surface area contributed by atoms with Gasteiger partial charge in [-0.1, -0.05) is 32.4 Å². The Labute approximate surface area is 137 Å². The standard InChI is InChI=1S/C15H18ClIN2O/c1-4-12-8(2)9(3)15(20-12)19-7-11(17)13-10(16)5-6-18-14(13)19/h5-9,12,15H,4H2,1-3H3. The van der Waals surface area contributed by atoms with E-state index >= 15 is 0 Å². The van der Waals surface area contributed by atoms with Gasteiger partial charge in [0.2, 0.25) is 0 Å². The summed E-state index contributed by atoms with van der Waals surface area (Å²) >= 11 is 8.62. The largest absolute Gasteiger partial charge is 0.354 e. The fourth-order valence-electron chi connectivity index (χ4n) is 3.10. The number of nitrogens with zero attached hydrogens (tertiary/aromatic N) is 2. The van der Waals surface area contributed by atoms with Crippen molar-refractivity contribution in [1.29, 1.82) is 0 Å². The van der Waals surface area contributed by atoms with Crippen LogP contribution in [0.4, 0.5) is 0 Å². The van der Waals surface area contributed by atoms with Crippen LogP contribution in [-0.2, 0) is 4.74 Å². The first-order valence-corrected chi connectivity index (χ1v) is 8.46. The van der Waals surface area contributed by atoms with Crippen molar-refractivity contribution in [2.24, 2.45) is 11.8 Å². The topological polar surface area (TPSA) is 27.1 Å². The molecule has 1 saturated heterocycles. The van der Waals surface area contributed by atoms with Gasteiger partial charge in [-0.15, -0.1) is 0 Å². The third kappa shape index (κ3) is 2.16. The molecule has 2 aromatic heterocycles. The molecular formula is C15H18ClIN2O. The van der Waals surface area contributed by atoms with Crippen LogP contribution in [0.15, 0.2) is 18.5 Å². The van der Waals surface area contributed by atoms with Crippen LogP contribution in [0.1, 0.15) is 33.4 Å². The molecular weight excluding hydrogens is 387 g/mol. The number of hydrogen-bond acceptors (Lipinski definition) is 2. The quantitative estimate of drug-likeness (QED) is 0.668. The summed E-state index contributed by atoms with van der Waals surface area (Å²) < 4.78 is 9.54. The van der Waals surface area contributed by atoms with Crippen molar-refractivity contribution < 1.29 is 4.74 Å². The van der Waals surface area contributed by atoms with E-state index in [0.29, 0.717) is 17.9 Å². The molecule has 20 heavy (non-hydrogen) atoms. The Morgan fingerprint density at radius 2 is 2.15 bits per heavy atom. The van der Waals surface area contributed by atoms with Crippen molar-refractivity contribution in [2.45, 2.75) is 39.5 Å². The van der Waals surface area contributed by atoms with E-state index < -0.39 is 0 Å². The van der Waals surface area contributed by atoms with E-state index in [1.165, 1.54) is 0 Å². The first-order chi connectivity index (χ1) is 9.54. The zero-order valence-corrected chi connectivity index (χ0v) is 14.7. The monoisotopic (exact) mass is 404 g/mol. The summed E-state index contributed by atoms with van der Waals surface area (Å²) in [4.78, 5) is 4.51. The lowest BCUT2D eigenvalue weighted by Gasteiger charge is -2.18. The fraction of sp³-hybridized carbons (Fsp3) is 0.533. The molecule has 1 aliphatic heterocycles. The van der Waals surface area contributed by atoms with Gasteiger partial charge in [0, 0.05) is 21.9 Å². The van der Waals surface area contributed by atoms with Crippen LogP contribution in [0.3, 0.4) is 0 Å². The third-order valence-corrected chi connectivity index (χ3v) is 5.61. The Balaban J connectivity index is 2.10. The summed E-state index contributed by atoms with van der Waals surface area (Å²) in [6, 6.07) is 1.84. The number of pyridine rings is 1. The molecule has 108 valence electrons. The fourth-order valence-corrected chi connectivity index (χ4v) is 4.33. The number of rotatable bonds is 2. The van der Waals surface area contributed by atoms with Crippen LogP contribution in [0, 0.1) is 15.4 Å². The van der Waals surface area contributed by atoms with Gasteiger partial charge >= 0.3 is 0 Å². The molecule has 0 saturated carbocycles. The Morgan fingerprint density at radius 1 is 1.40 bits per heavy atom. The van der Waals surface area contributed by atoms with E-state index in [-0.39, 0.29) is 6.23 Å². The Morgan fingerprint density at radius 3 is 2.80 bits per heavy atom. The molecule has 0 aromatic carbocycles. The molecule has 3 nitrogen and oxygen atoms in total.